The van der Waals surface area contributed by atoms with Crippen molar-refractivity contribution in [1.82, 2.24) is 24.6 Å². The van der Waals surface area contributed by atoms with E-state index >= 15 is 0 Å². The van der Waals surface area contributed by atoms with Crippen molar-refractivity contribution in [3.05, 3.63) is 36.3 Å². The zero-order valence-electron chi connectivity index (χ0n) is 15.7. The van der Waals surface area contributed by atoms with Crippen molar-refractivity contribution in [2.75, 3.05) is 0 Å². The average molecular weight is 431 g/mol. The van der Waals surface area contributed by atoms with E-state index in [1.165, 1.54) is 16.8 Å². The first-order chi connectivity index (χ1) is 13.9. The minimum Gasteiger partial charge on any atom is -0.460 e. The van der Waals surface area contributed by atoms with E-state index in [4.69, 9.17) is 4.74 Å². The van der Waals surface area contributed by atoms with Crippen LogP contribution >= 0.6 is 0 Å². The third-order valence-electron chi connectivity index (χ3n) is 4.91. The number of halogens is 6. The molecule has 30 heavy (non-hydrogen) atoms. The zero-order valence-corrected chi connectivity index (χ0v) is 15.7. The van der Waals surface area contributed by atoms with Crippen molar-refractivity contribution in [3.63, 3.8) is 0 Å². The Kier molecular flexibility index (Phi) is 4.44. The van der Waals surface area contributed by atoms with Crippen LogP contribution in [0.25, 0.3) is 16.9 Å². The van der Waals surface area contributed by atoms with Gasteiger partial charge in [0.25, 0.3) is 5.88 Å². The van der Waals surface area contributed by atoms with Crippen LogP contribution in [0.3, 0.4) is 0 Å². The molecule has 4 rings (SSSR count). The minimum absolute atomic E-state index is 0.158. The summed E-state index contributed by atoms with van der Waals surface area (Å²) in [5, 5.41) is 7.82. The predicted octanol–water partition coefficient (Wildman–Crippen LogP) is 4.56. The first-order valence-corrected chi connectivity index (χ1v) is 8.86. The fraction of sp³-hybridized carbons (Fsp3) is 0.444. The summed E-state index contributed by atoms with van der Waals surface area (Å²) < 4.78 is 85.8. The van der Waals surface area contributed by atoms with Crippen LogP contribution in [-0.4, -0.2) is 42.3 Å². The second-order valence-electron chi connectivity index (χ2n) is 7.64. The van der Waals surface area contributed by atoms with E-state index in [1.807, 2.05) is 0 Å². The molecule has 3 aromatic heterocycles. The lowest BCUT2D eigenvalue weighted by Crippen LogP contribution is -2.45. The number of rotatable bonds is 4. The molecule has 0 amide bonds. The van der Waals surface area contributed by atoms with Crippen molar-refractivity contribution in [3.8, 4) is 17.1 Å². The molecule has 1 fully saturated rings. The second-order valence-corrected chi connectivity index (χ2v) is 7.64. The number of pyridine rings is 1. The molecular formula is C18H15F6N5O. The molecule has 6 nitrogen and oxygen atoms in total. The molecule has 1 aliphatic rings. The highest BCUT2D eigenvalue weighted by atomic mass is 19.4. The number of fused-ring (bicyclic) bond motifs is 1. The highest BCUT2D eigenvalue weighted by molar-refractivity contribution is 5.59. The lowest BCUT2D eigenvalue weighted by atomic mass is 9.81. The van der Waals surface area contributed by atoms with Crippen molar-refractivity contribution in [2.24, 2.45) is 0 Å². The van der Waals surface area contributed by atoms with Crippen LogP contribution in [0.5, 0.6) is 5.88 Å². The second kappa shape index (κ2) is 6.54. The van der Waals surface area contributed by atoms with Gasteiger partial charge in [-0.1, -0.05) is 0 Å². The Balaban J connectivity index is 1.63. The highest BCUT2D eigenvalue weighted by Gasteiger charge is 2.50. The summed E-state index contributed by atoms with van der Waals surface area (Å²) in [7, 11) is 0. The third-order valence-corrected chi connectivity index (χ3v) is 4.91. The third kappa shape index (κ3) is 3.54. The standard InChI is InChI=1S/C18H15F6N5O/c1-16(2,18(22,23)24)30-15-11(19)3-9(6-26-15)12-8-29-13(7-25-12)27-28-14(29)10-4-17(20,21)5-10/h3,6-8,10H,4-5H2,1-2H3. The molecule has 3 aromatic rings. The summed E-state index contributed by atoms with van der Waals surface area (Å²) in [5.74, 6) is -4.78. The SMILES string of the molecule is CC(C)(Oc1ncc(-c2cn3c(C4CC(F)(F)C4)nnc3cn2)cc1F)C(F)(F)F. The van der Waals surface area contributed by atoms with E-state index in [9.17, 15) is 26.3 Å². The molecule has 1 saturated carbocycles. The van der Waals surface area contributed by atoms with Gasteiger partial charge in [-0.25, -0.2) is 18.2 Å². The Morgan fingerprint density at radius 3 is 2.40 bits per heavy atom. The topological polar surface area (TPSA) is 65.2 Å². The number of nitrogens with zero attached hydrogens (tertiary/aromatic N) is 5. The molecule has 0 bridgehead atoms. The van der Waals surface area contributed by atoms with E-state index in [0.29, 0.717) is 11.5 Å². The van der Waals surface area contributed by atoms with E-state index in [0.717, 1.165) is 26.1 Å². The largest absolute Gasteiger partial charge is 0.460 e. The van der Waals surface area contributed by atoms with E-state index in [1.54, 1.807) is 0 Å². The predicted molar refractivity (Wildman–Crippen MR) is 91.7 cm³/mol. The Morgan fingerprint density at radius 2 is 1.80 bits per heavy atom. The fourth-order valence-corrected chi connectivity index (χ4v) is 3.03. The first kappa shape index (κ1) is 20.4. The molecule has 12 heteroatoms. The van der Waals surface area contributed by atoms with Gasteiger partial charge >= 0.3 is 6.18 Å². The summed E-state index contributed by atoms with van der Waals surface area (Å²) in [6.45, 7) is 1.52. The lowest BCUT2D eigenvalue weighted by molar-refractivity contribution is -0.235. The van der Waals surface area contributed by atoms with Gasteiger partial charge in [0, 0.05) is 36.7 Å². The van der Waals surface area contributed by atoms with Crippen LogP contribution in [0.1, 0.15) is 38.4 Å². The van der Waals surface area contributed by atoms with E-state index < -0.39 is 35.3 Å². The van der Waals surface area contributed by atoms with Crippen LogP contribution in [0.2, 0.25) is 0 Å². The van der Waals surface area contributed by atoms with Gasteiger partial charge in [-0.2, -0.15) is 13.2 Å². The van der Waals surface area contributed by atoms with E-state index in [2.05, 4.69) is 20.2 Å². The smallest absolute Gasteiger partial charge is 0.427 e. The molecule has 0 atom stereocenters. The Bertz CT molecular complexity index is 1100. The number of ether oxygens (including phenoxy) is 1. The molecule has 3 heterocycles. The molecule has 0 aromatic carbocycles. The number of hydrogen-bond acceptors (Lipinski definition) is 5. The summed E-state index contributed by atoms with van der Waals surface area (Å²) in [4.78, 5) is 7.76. The summed E-state index contributed by atoms with van der Waals surface area (Å²) in [6.07, 6.45) is -1.53. The van der Waals surface area contributed by atoms with Gasteiger partial charge in [-0.3, -0.25) is 9.38 Å². The van der Waals surface area contributed by atoms with Gasteiger partial charge in [0.05, 0.1) is 11.9 Å². The molecule has 0 aliphatic heterocycles. The maximum Gasteiger partial charge on any atom is 0.427 e. The quantitative estimate of drug-likeness (QED) is 0.567. The van der Waals surface area contributed by atoms with Crippen LogP contribution in [0, 0.1) is 5.82 Å². The van der Waals surface area contributed by atoms with E-state index in [-0.39, 0.29) is 24.1 Å². The van der Waals surface area contributed by atoms with Crippen molar-refractivity contribution in [1.29, 1.82) is 0 Å². The molecule has 1 aliphatic carbocycles. The van der Waals surface area contributed by atoms with Crippen LogP contribution in [0.15, 0.2) is 24.7 Å². The molecule has 0 N–H and O–H groups in total. The van der Waals surface area contributed by atoms with Crippen molar-refractivity contribution < 1.29 is 31.1 Å². The van der Waals surface area contributed by atoms with Gasteiger partial charge in [0.15, 0.2) is 17.1 Å². The maximum absolute atomic E-state index is 14.4. The number of aromatic nitrogens is 5. The monoisotopic (exact) mass is 431 g/mol. The molecule has 0 saturated heterocycles. The Labute approximate surface area is 165 Å². The zero-order chi connectivity index (χ0) is 21.9. The van der Waals surface area contributed by atoms with Gasteiger partial charge in [-0.15, -0.1) is 10.2 Å². The molecule has 0 radical (unpaired) electrons. The summed E-state index contributed by atoms with van der Waals surface area (Å²) in [6, 6.07) is 0.935. The summed E-state index contributed by atoms with van der Waals surface area (Å²) in [5.41, 5.74) is -1.95. The van der Waals surface area contributed by atoms with Crippen LogP contribution in [-0.2, 0) is 0 Å². The Hall–Kier alpha value is -2.92. The number of hydrogen-bond donors (Lipinski definition) is 0. The maximum atomic E-state index is 14.4. The van der Waals surface area contributed by atoms with Crippen molar-refractivity contribution in [2.45, 2.75) is 50.3 Å². The minimum atomic E-state index is -4.73. The van der Waals surface area contributed by atoms with Gasteiger partial charge in [0.2, 0.25) is 5.92 Å². The van der Waals surface area contributed by atoms with Crippen molar-refractivity contribution >= 4 is 5.65 Å². The molecular weight excluding hydrogens is 416 g/mol. The normalized spacial score (nSPS) is 17.2. The number of alkyl halides is 5. The van der Waals surface area contributed by atoms with Gasteiger partial charge in [-0.05, 0) is 19.9 Å². The lowest BCUT2D eigenvalue weighted by Gasteiger charge is -2.33. The first-order valence-electron chi connectivity index (χ1n) is 8.86. The van der Waals surface area contributed by atoms with Crippen LogP contribution < -0.4 is 4.74 Å². The Morgan fingerprint density at radius 1 is 1.10 bits per heavy atom. The summed E-state index contributed by atoms with van der Waals surface area (Å²) >= 11 is 0. The fourth-order valence-electron chi connectivity index (χ4n) is 3.03. The molecule has 0 spiro atoms. The average Bonchev–Trinajstić information content (AvgIpc) is 3.03. The molecule has 0 unspecified atom stereocenters. The van der Waals surface area contributed by atoms with Gasteiger partial charge < -0.3 is 4.74 Å². The molecule has 160 valence electrons. The van der Waals surface area contributed by atoms with Crippen LogP contribution in [0.4, 0.5) is 26.3 Å². The van der Waals surface area contributed by atoms with Gasteiger partial charge in [0.1, 0.15) is 5.82 Å². The highest BCUT2D eigenvalue weighted by Crippen LogP contribution is 2.47.